The van der Waals surface area contributed by atoms with E-state index in [-0.39, 0.29) is 0 Å². The van der Waals surface area contributed by atoms with Gasteiger partial charge in [-0.15, -0.1) is 0 Å². The third-order valence-electron chi connectivity index (χ3n) is 2.42. The number of rotatable bonds is 3. The highest BCUT2D eigenvalue weighted by molar-refractivity contribution is 5.81. The average molecular weight is 170 g/mol. The van der Waals surface area contributed by atoms with Gasteiger partial charge in [0.1, 0.15) is 5.84 Å². The maximum atomic E-state index is 7.89. The molecular formula is C9H18N2O. The number of ether oxygens (including phenoxy) is 1. The van der Waals surface area contributed by atoms with Gasteiger partial charge in [-0.25, -0.2) is 0 Å². The Balaban J connectivity index is 2.43. The predicted octanol–water partition coefficient (Wildman–Crippen LogP) is 1.34. The lowest BCUT2D eigenvalue weighted by molar-refractivity contribution is 0.191. The molecule has 1 heterocycles. The molecule has 1 saturated heterocycles. The van der Waals surface area contributed by atoms with Crippen LogP contribution in [-0.4, -0.2) is 37.0 Å². The second kappa shape index (κ2) is 4.45. The molecule has 1 fully saturated rings. The quantitative estimate of drug-likeness (QED) is 0.512. The molecule has 0 bridgehead atoms. The van der Waals surface area contributed by atoms with Gasteiger partial charge in [-0.05, 0) is 20.3 Å². The molecule has 0 radical (unpaired) electrons. The Hall–Kier alpha value is -0.570. The van der Waals surface area contributed by atoms with Crippen LogP contribution in [0.3, 0.4) is 0 Å². The van der Waals surface area contributed by atoms with E-state index in [1.54, 1.807) is 0 Å². The molecule has 0 aromatic carbocycles. The van der Waals surface area contributed by atoms with Crippen molar-refractivity contribution < 1.29 is 4.74 Å². The highest BCUT2D eigenvalue weighted by Crippen LogP contribution is 2.15. The number of nitrogens with zero attached hydrogens (tertiary/aromatic N) is 1. The lowest BCUT2D eigenvalue weighted by Crippen LogP contribution is -2.35. The molecule has 1 aliphatic heterocycles. The molecule has 3 heteroatoms. The van der Waals surface area contributed by atoms with Crippen molar-refractivity contribution in [1.82, 2.24) is 4.90 Å². The molecule has 1 aliphatic rings. The van der Waals surface area contributed by atoms with E-state index in [9.17, 15) is 0 Å². The van der Waals surface area contributed by atoms with Gasteiger partial charge in [-0.2, -0.15) is 0 Å². The minimum absolute atomic E-state index is 0.352. The first kappa shape index (κ1) is 9.52. The monoisotopic (exact) mass is 170 g/mol. The van der Waals surface area contributed by atoms with Crippen LogP contribution >= 0.6 is 0 Å². The van der Waals surface area contributed by atoms with Crippen LogP contribution in [0.2, 0.25) is 0 Å². The fourth-order valence-electron chi connectivity index (χ4n) is 1.57. The van der Waals surface area contributed by atoms with Gasteiger partial charge in [0.25, 0.3) is 0 Å². The predicted molar refractivity (Wildman–Crippen MR) is 49.6 cm³/mol. The standard InChI is InChI=1S/C9H18N2O/c1-3-11(4-2)9(10)8-5-6-12-7-8/h8,10H,3-7H2,1-2H3. The van der Waals surface area contributed by atoms with Crippen molar-refractivity contribution in [3.63, 3.8) is 0 Å². The molecule has 0 aromatic rings. The molecule has 12 heavy (non-hydrogen) atoms. The summed E-state index contributed by atoms with van der Waals surface area (Å²) in [5.41, 5.74) is 0. The molecule has 70 valence electrons. The van der Waals surface area contributed by atoms with Gasteiger partial charge in [0.05, 0.1) is 6.61 Å². The van der Waals surface area contributed by atoms with Crippen LogP contribution in [0.1, 0.15) is 20.3 Å². The number of hydrogen-bond acceptors (Lipinski definition) is 2. The first-order valence-corrected chi connectivity index (χ1v) is 4.70. The van der Waals surface area contributed by atoms with Crippen molar-refractivity contribution in [3.8, 4) is 0 Å². The first-order valence-electron chi connectivity index (χ1n) is 4.70. The van der Waals surface area contributed by atoms with E-state index in [4.69, 9.17) is 10.1 Å². The Labute approximate surface area is 74.2 Å². The summed E-state index contributed by atoms with van der Waals surface area (Å²) in [6.45, 7) is 7.63. The highest BCUT2D eigenvalue weighted by atomic mass is 16.5. The molecule has 0 spiro atoms. The number of nitrogens with one attached hydrogen (secondary N) is 1. The van der Waals surface area contributed by atoms with Crippen molar-refractivity contribution in [1.29, 1.82) is 5.41 Å². The van der Waals surface area contributed by atoms with Gasteiger partial charge in [-0.1, -0.05) is 0 Å². The van der Waals surface area contributed by atoms with E-state index in [0.717, 1.165) is 38.6 Å². The molecular weight excluding hydrogens is 152 g/mol. The highest BCUT2D eigenvalue weighted by Gasteiger charge is 2.22. The second-order valence-electron chi connectivity index (χ2n) is 3.12. The van der Waals surface area contributed by atoms with Gasteiger partial charge in [0.15, 0.2) is 0 Å². The summed E-state index contributed by atoms with van der Waals surface area (Å²) >= 11 is 0. The molecule has 0 amide bonds. The zero-order chi connectivity index (χ0) is 8.97. The zero-order valence-corrected chi connectivity index (χ0v) is 7.97. The average Bonchev–Trinajstić information content (AvgIpc) is 2.58. The van der Waals surface area contributed by atoms with E-state index < -0.39 is 0 Å². The molecule has 1 atom stereocenters. The Morgan fingerprint density at radius 2 is 2.17 bits per heavy atom. The smallest absolute Gasteiger partial charge is 0.101 e. The summed E-state index contributed by atoms with van der Waals surface area (Å²) in [5.74, 6) is 1.11. The molecule has 1 rings (SSSR count). The summed E-state index contributed by atoms with van der Waals surface area (Å²) in [6.07, 6.45) is 1.02. The number of hydrogen-bond donors (Lipinski definition) is 1. The van der Waals surface area contributed by atoms with Gasteiger partial charge < -0.3 is 9.64 Å². The fraction of sp³-hybridized carbons (Fsp3) is 0.889. The van der Waals surface area contributed by atoms with Crippen LogP contribution in [-0.2, 0) is 4.74 Å². The summed E-state index contributed by atoms with van der Waals surface area (Å²) in [6, 6.07) is 0. The van der Waals surface area contributed by atoms with Crippen LogP contribution in [0, 0.1) is 11.3 Å². The van der Waals surface area contributed by atoms with E-state index >= 15 is 0 Å². The zero-order valence-electron chi connectivity index (χ0n) is 7.97. The first-order chi connectivity index (χ1) is 5.79. The Morgan fingerprint density at radius 3 is 2.58 bits per heavy atom. The maximum absolute atomic E-state index is 7.89. The lowest BCUT2D eigenvalue weighted by atomic mass is 10.1. The molecule has 1 unspecified atom stereocenters. The molecule has 0 aromatic heterocycles. The molecule has 0 aliphatic carbocycles. The maximum Gasteiger partial charge on any atom is 0.101 e. The van der Waals surface area contributed by atoms with Gasteiger partial charge in [0.2, 0.25) is 0 Å². The molecule has 1 N–H and O–H groups in total. The van der Waals surface area contributed by atoms with Crippen molar-refractivity contribution in [2.75, 3.05) is 26.3 Å². The Bertz CT molecular complexity index is 145. The lowest BCUT2D eigenvalue weighted by Gasteiger charge is -2.24. The molecule has 0 saturated carbocycles. The summed E-state index contributed by atoms with van der Waals surface area (Å²) in [4.78, 5) is 2.10. The minimum Gasteiger partial charge on any atom is -0.381 e. The third kappa shape index (κ3) is 1.97. The van der Waals surface area contributed by atoms with E-state index in [1.165, 1.54) is 0 Å². The van der Waals surface area contributed by atoms with Crippen LogP contribution in [0.15, 0.2) is 0 Å². The van der Waals surface area contributed by atoms with E-state index in [2.05, 4.69) is 18.7 Å². The fourth-order valence-corrected chi connectivity index (χ4v) is 1.57. The van der Waals surface area contributed by atoms with Crippen molar-refractivity contribution >= 4 is 5.84 Å². The van der Waals surface area contributed by atoms with Gasteiger partial charge >= 0.3 is 0 Å². The third-order valence-corrected chi connectivity index (χ3v) is 2.42. The largest absolute Gasteiger partial charge is 0.381 e. The summed E-state index contributed by atoms with van der Waals surface area (Å²) in [5, 5.41) is 7.89. The second-order valence-corrected chi connectivity index (χ2v) is 3.12. The van der Waals surface area contributed by atoms with Gasteiger partial charge in [-0.3, -0.25) is 5.41 Å². The normalized spacial score (nSPS) is 22.7. The van der Waals surface area contributed by atoms with Crippen molar-refractivity contribution in [3.05, 3.63) is 0 Å². The molecule has 3 nitrogen and oxygen atoms in total. The Morgan fingerprint density at radius 1 is 1.50 bits per heavy atom. The van der Waals surface area contributed by atoms with E-state index in [1.807, 2.05) is 0 Å². The van der Waals surface area contributed by atoms with Gasteiger partial charge in [0, 0.05) is 25.6 Å². The van der Waals surface area contributed by atoms with Crippen molar-refractivity contribution in [2.45, 2.75) is 20.3 Å². The minimum atomic E-state index is 0.352. The number of amidine groups is 1. The van der Waals surface area contributed by atoms with Crippen LogP contribution in [0.25, 0.3) is 0 Å². The SMILES string of the molecule is CCN(CC)C(=N)C1CCOC1. The van der Waals surface area contributed by atoms with E-state index in [0.29, 0.717) is 5.92 Å². The topological polar surface area (TPSA) is 36.3 Å². The van der Waals surface area contributed by atoms with Crippen LogP contribution in [0.4, 0.5) is 0 Å². The summed E-state index contributed by atoms with van der Waals surface area (Å²) < 4.78 is 5.25. The van der Waals surface area contributed by atoms with Crippen molar-refractivity contribution in [2.24, 2.45) is 5.92 Å². The summed E-state index contributed by atoms with van der Waals surface area (Å²) in [7, 11) is 0. The van der Waals surface area contributed by atoms with Crippen LogP contribution in [0.5, 0.6) is 0 Å². The van der Waals surface area contributed by atoms with Crippen LogP contribution < -0.4 is 0 Å². The Kier molecular flexibility index (Phi) is 3.53.